The van der Waals surface area contributed by atoms with Crippen molar-refractivity contribution in [1.82, 2.24) is 29.3 Å². The van der Waals surface area contributed by atoms with Gasteiger partial charge in [-0.25, -0.2) is 14.0 Å². The highest BCUT2D eigenvalue weighted by Gasteiger charge is 2.46. The Morgan fingerprint density at radius 3 is 2.37 bits per heavy atom. The van der Waals surface area contributed by atoms with Crippen LogP contribution in [0.2, 0.25) is 10.0 Å². The normalized spacial score (nSPS) is 19.7. The van der Waals surface area contributed by atoms with Crippen LogP contribution in [0.1, 0.15) is 31.9 Å². The van der Waals surface area contributed by atoms with Gasteiger partial charge in [-0.05, 0) is 61.9 Å². The maximum atomic E-state index is 12.8. The van der Waals surface area contributed by atoms with E-state index >= 15 is 0 Å². The summed E-state index contributed by atoms with van der Waals surface area (Å²) < 4.78 is 27.9. The number of methoxy groups -OCH3 is 1. The van der Waals surface area contributed by atoms with Crippen LogP contribution >= 0.6 is 23.2 Å². The molecular weight excluding hydrogens is 695 g/mol. The number of halogens is 2. The van der Waals surface area contributed by atoms with E-state index in [1.807, 2.05) is 44.2 Å². The van der Waals surface area contributed by atoms with Crippen molar-refractivity contribution < 1.29 is 18.9 Å². The van der Waals surface area contributed by atoms with E-state index in [-0.39, 0.29) is 37.6 Å². The Morgan fingerprint density at radius 2 is 1.67 bits per heavy atom. The number of aromatic nitrogens is 6. The van der Waals surface area contributed by atoms with Crippen molar-refractivity contribution in [1.29, 1.82) is 0 Å². The highest BCUT2D eigenvalue weighted by atomic mass is 35.5. The zero-order valence-corrected chi connectivity index (χ0v) is 30.2. The van der Waals surface area contributed by atoms with Gasteiger partial charge in [-0.3, -0.25) is 0 Å². The summed E-state index contributed by atoms with van der Waals surface area (Å²) in [5.41, 5.74) is 3.42. The van der Waals surface area contributed by atoms with Crippen molar-refractivity contribution in [3.63, 3.8) is 0 Å². The van der Waals surface area contributed by atoms with Gasteiger partial charge in [0.2, 0.25) is 5.79 Å². The molecule has 13 nitrogen and oxygen atoms in total. The molecular formula is C36H40Cl2N8O5. The van der Waals surface area contributed by atoms with Gasteiger partial charge < -0.3 is 28.7 Å². The first-order valence-electron chi connectivity index (χ1n) is 17.0. The van der Waals surface area contributed by atoms with Crippen molar-refractivity contribution >= 4 is 34.6 Å². The van der Waals surface area contributed by atoms with Crippen molar-refractivity contribution in [2.45, 2.75) is 44.7 Å². The maximum absolute atomic E-state index is 12.8. The Morgan fingerprint density at radius 1 is 0.941 bits per heavy atom. The number of anilines is 2. The summed E-state index contributed by atoms with van der Waals surface area (Å²) in [4.78, 5) is 19.0. The van der Waals surface area contributed by atoms with Crippen LogP contribution in [0.3, 0.4) is 0 Å². The van der Waals surface area contributed by atoms with E-state index in [4.69, 9.17) is 42.1 Å². The second-order valence-corrected chi connectivity index (χ2v) is 13.5. The highest BCUT2D eigenvalue weighted by Crippen LogP contribution is 2.41. The fraction of sp³-hybridized carbons (Fsp3) is 0.389. The monoisotopic (exact) mass is 734 g/mol. The number of ether oxygens (including phenoxy) is 4. The van der Waals surface area contributed by atoms with E-state index in [1.54, 1.807) is 48.6 Å². The van der Waals surface area contributed by atoms with E-state index in [1.165, 1.54) is 9.48 Å². The molecule has 2 saturated heterocycles. The molecule has 3 atom stereocenters. The quantitative estimate of drug-likeness (QED) is 0.161. The number of nitrogens with zero attached hydrogens (tertiary/aromatic N) is 8. The summed E-state index contributed by atoms with van der Waals surface area (Å²) >= 11 is 12.8. The lowest BCUT2D eigenvalue weighted by atomic mass is 10.1. The standard InChI is InChI=1S/C36H40Cl2N8O5/c1-4-25(2)46-35(47)44(24-41-46)28-8-6-27(7-9-28)42-15-17-43(18-16-42)33-12-10-29(20-34(33)48-3)49-21-30-22-50-36(51-30,23-45-39-13-14-40-45)31-11-5-26(37)19-32(31)38/h5-14,19-20,24-25,30H,4,15-18,21-23H2,1-3H3/t25?,30-,36-/m1/s1. The Bertz CT molecular complexity index is 2000. The second kappa shape index (κ2) is 15.0. The van der Waals surface area contributed by atoms with Crippen molar-refractivity contribution in [2.75, 3.05) is 56.3 Å². The molecule has 0 bridgehead atoms. The summed E-state index contributed by atoms with van der Waals surface area (Å²) in [6.07, 6.45) is 5.24. The third-order valence-electron chi connectivity index (χ3n) is 9.42. The molecule has 2 aliphatic rings. The Hall–Kier alpha value is -4.56. The van der Waals surface area contributed by atoms with E-state index in [0.29, 0.717) is 21.4 Å². The first kappa shape index (κ1) is 34.9. The van der Waals surface area contributed by atoms with Crippen LogP contribution in [-0.4, -0.2) is 81.9 Å². The lowest BCUT2D eigenvalue weighted by molar-refractivity contribution is -0.192. The van der Waals surface area contributed by atoms with Gasteiger partial charge in [0, 0.05) is 48.5 Å². The third-order valence-corrected chi connectivity index (χ3v) is 9.97. The second-order valence-electron chi connectivity index (χ2n) is 12.6. The van der Waals surface area contributed by atoms with Crippen LogP contribution in [0, 0.1) is 0 Å². The molecule has 4 heterocycles. The molecule has 268 valence electrons. The molecule has 51 heavy (non-hydrogen) atoms. The van der Waals surface area contributed by atoms with Gasteiger partial charge in [0.05, 0.1) is 48.5 Å². The lowest BCUT2D eigenvalue weighted by Crippen LogP contribution is -2.46. The molecule has 0 saturated carbocycles. The minimum Gasteiger partial charge on any atom is -0.494 e. The van der Waals surface area contributed by atoms with E-state index in [2.05, 4.69) is 37.2 Å². The predicted octanol–water partition coefficient (Wildman–Crippen LogP) is 5.59. The number of rotatable bonds is 12. The van der Waals surface area contributed by atoms with Gasteiger partial charge in [0.25, 0.3) is 0 Å². The first-order valence-corrected chi connectivity index (χ1v) is 17.7. The van der Waals surface area contributed by atoms with Crippen LogP contribution in [-0.2, 0) is 21.8 Å². The largest absolute Gasteiger partial charge is 0.494 e. The maximum Gasteiger partial charge on any atom is 0.350 e. The van der Waals surface area contributed by atoms with Gasteiger partial charge in [-0.15, -0.1) is 0 Å². The first-order chi connectivity index (χ1) is 24.8. The Kier molecular flexibility index (Phi) is 10.2. The highest BCUT2D eigenvalue weighted by molar-refractivity contribution is 6.35. The fourth-order valence-electron chi connectivity index (χ4n) is 6.46. The average Bonchev–Trinajstić information content (AvgIpc) is 3.91. The van der Waals surface area contributed by atoms with Gasteiger partial charge in [-0.2, -0.15) is 20.1 Å². The summed E-state index contributed by atoms with van der Waals surface area (Å²) in [6, 6.07) is 19.2. The molecule has 0 spiro atoms. The van der Waals surface area contributed by atoms with E-state index < -0.39 is 5.79 Å². The van der Waals surface area contributed by atoms with Gasteiger partial charge in [0.15, 0.2) is 0 Å². The van der Waals surface area contributed by atoms with Crippen LogP contribution in [0.4, 0.5) is 11.4 Å². The smallest absolute Gasteiger partial charge is 0.350 e. The van der Waals surface area contributed by atoms with Crippen molar-refractivity contribution in [2.24, 2.45) is 0 Å². The Balaban J connectivity index is 0.965. The number of hydrogen-bond acceptors (Lipinski definition) is 10. The van der Waals surface area contributed by atoms with Gasteiger partial charge in [-0.1, -0.05) is 36.2 Å². The molecule has 3 aromatic carbocycles. The van der Waals surface area contributed by atoms with Crippen LogP contribution < -0.4 is 25.0 Å². The van der Waals surface area contributed by atoms with Crippen molar-refractivity contribution in [3.05, 3.63) is 105 Å². The lowest BCUT2D eigenvalue weighted by Gasteiger charge is -2.38. The molecule has 2 aromatic heterocycles. The topological polar surface area (TPSA) is 114 Å². The summed E-state index contributed by atoms with van der Waals surface area (Å²) in [6.45, 7) is 8.06. The minimum absolute atomic E-state index is 0.0538. The fourth-order valence-corrected chi connectivity index (χ4v) is 7.01. The van der Waals surface area contributed by atoms with Crippen LogP contribution in [0.15, 0.2) is 84.2 Å². The van der Waals surface area contributed by atoms with E-state index in [9.17, 15) is 4.79 Å². The van der Waals surface area contributed by atoms with Crippen LogP contribution in [0.25, 0.3) is 5.69 Å². The molecule has 1 unspecified atom stereocenters. The number of piperazine rings is 1. The van der Waals surface area contributed by atoms with E-state index in [0.717, 1.165) is 55.4 Å². The molecule has 0 radical (unpaired) electrons. The third kappa shape index (κ3) is 7.29. The molecule has 2 fully saturated rings. The number of benzene rings is 3. The molecule has 15 heteroatoms. The molecule has 0 aliphatic carbocycles. The minimum atomic E-state index is -1.21. The zero-order valence-electron chi connectivity index (χ0n) is 28.7. The summed E-state index contributed by atoms with van der Waals surface area (Å²) in [5.74, 6) is 0.170. The zero-order chi connectivity index (χ0) is 35.5. The number of hydrogen-bond donors (Lipinski definition) is 0. The molecule has 2 aliphatic heterocycles. The van der Waals surface area contributed by atoms with Crippen LogP contribution in [0.5, 0.6) is 11.5 Å². The molecule has 7 rings (SSSR count). The summed E-state index contributed by atoms with van der Waals surface area (Å²) in [5, 5.41) is 13.7. The van der Waals surface area contributed by atoms with Gasteiger partial charge in [0.1, 0.15) is 37.1 Å². The Labute approximate surface area is 305 Å². The summed E-state index contributed by atoms with van der Waals surface area (Å²) in [7, 11) is 1.67. The van der Waals surface area contributed by atoms with Crippen molar-refractivity contribution in [3.8, 4) is 17.2 Å². The molecule has 0 N–H and O–H groups in total. The molecule has 0 amide bonds. The molecule has 5 aromatic rings. The average molecular weight is 736 g/mol. The van der Waals surface area contributed by atoms with Gasteiger partial charge >= 0.3 is 5.69 Å². The SMILES string of the molecule is CCC(C)n1ncn(-c2ccc(N3CCN(c4ccc(OC[C@@H]5CO[C@@](Cn6nccn6)(c6ccc(Cl)cc6Cl)O5)cc4OC)CC3)cc2)c1=O. The predicted molar refractivity (Wildman–Crippen MR) is 195 cm³/mol.